The van der Waals surface area contributed by atoms with E-state index in [0.29, 0.717) is 11.3 Å². The fraction of sp³-hybridized carbons (Fsp3) is 0.176. The van der Waals surface area contributed by atoms with Gasteiger partial charge in [-0.2, -0.15) is 0 Å². The van der Waals surface area contributed by atoms with Crippen molar-refractivity contribution in [2.45, 2.75) is 20.5 Å². The van der Waals surface area contributed by atoms with Gasteiger partial charge in [-0.3, -0.25) is 4.79 Å². The monoisotopic (exact) mass is 283 g/mol. The number of amides is 1. The molecule has 0 saturated carbocycles. The van der Waals surface area contributed by atoms with Crippen molar-refractivity contribution >= 4 is 17.6 Å². The first-order chi connectivity index (χ1) is 10.0. The second-order valence-electron chi connectivity index (χ2n) is 4.82. The van der Waals surface area contributed by atoms with Crippen molar-refractivity contribution in [3.05, 3.63) is 65.2 Å². The molecular formula is C17H17NO3. The molecule has 0 unspecified atom stereocenters. The van der Waals surface area contributed by atoms with Gasteiger partial charge in [0.25, 0.3) is 0 Å². The number of anilines is 1. The number of hydrogen-bond acceptors (Lipinski definition) is 3. The molecule has 0 fully saturated rings. The molecule has 0 saturated heterocycles. The molecule has 0 radical (unpaired) electrons. The Morgan fingerprint density at radius 3 is 2.19 bits per heavy atom. The number of hydrogen-bond donors (Lipinski definition) is 1. The van der Waals surface area contributed by atoms with Crippen molar-refractivity contribution in [2.75, 3.05) is 5.32 Å². The summed E-state index contributed by atoms with van der Waals surface area (Å²) < 4.78 is 5.25. The smallest absolute Gasteiger partial charge is 0.338 e. The summed E-state index contributed by atoms with van der Waals surface area (Å²) in [5.74, 6) is -0.533. The Balaban J connectivity index is 1.93. The van der Waals surface area contributed by atoms with Gasteiger partial charge in [0, 0.05) is 12.6 Å². The molecule has 1 N–H and O–H groups in total. The molecule has 0 aliphatic carbocycles. The Morgan fingerprint density at radius 1 is 1.00 bits per heavy atom. The van der Waals surface area contributed by atoms with E-state index in [1.165, 1.54) is 12.5 Å². The minimum Gasteiger partial charge on any atom is -0.457 e. The minimum atomic E-state index is -0.384. The maximum Gasteiger partial charge on any atom is 0.338 e. The lowest BCUT2D eigenvalue weighted by Crippen LogP contribution is -2.07. The zero-order valence-corrected chi connectivity index (χ0v) is 12.1. The van der Waals surface area contributed by atoms with Gasteiger partial charge < -0.3 is 10.1 Å². The highest BCUT2D eigenvalue weighted by molar-refractivity contribution is 5.92. The molecule has 0 aliphatic rings. The number of esters is 1. The maximum absolute atomic E-state index is 11.9. The number of aryl methyl sites for hydroxylation is 1. The molecule has 0 aromatic heterocycles. The third kappa shape index (κ3) is 4.45. The van der Waals surface area contributed by atoms with Gasteiger partial charge in [-0.05, 0) is 36.8 Å². The van der Waals surface area contributed by atoms with Crippen LogP contribution in [0.3, 0.4) is 0 Å². The van der Waals surface area contributed by atoms with E-state index < -0.39 is 0 Å². The second kappa shape index (κ2) is 6.70. The molecule has 0 atom stereocenters. The quantitative estimate of drug-likeness (QED) is 0.876. The molecule has 2 aromatic rings. The highest BCUT2D eigenvalue weighted by Crippen LogP contribution is 2.12. The summed E-state index contributed by atoms with van der Waals surface area (Å²) >= 11 is 0. The molecular weight excluding hydrogens is 266 g/mol. The van der Waals surface area contributed by atoms with Gasteiger partial charge in [0.2, 0.25) is 5.91 Å². The summed E-state index contributed by atoms with van der Waals surface area (Å²) in [7, 11) is 0. The van der Waals surface area contributed by atoms with Crippen molar-refractivity contribution in [1.82, 2.24) is 0 Å². The van der Waals surface area contributed by atoms with Gasteiger partial charge in [0.05, 0.1) is 5.56 Å². The van der Waals surface area contributed by atoms with E-state index in [1.807, 2.05) is 31.2 Å². The van der Waals surface area contributed by atoms with Crippen LogP contribution in [-0.2, 0) is 16.1 Å². The molecule has 0 heterocycles. The molecule has 2 aromatic carbocycles. The van der Waals surface area contributed by atoms with E-state index in [4.69, 9.17) is 4.74 Å². The molecule has 4 heteroatoms. The highest BCUT2D eigenvalue weighted by Gasteiger charge is 2.07. The first-order valence-electron chi connectivity index (χ1n) is 6.65. The van der Waals surface area contributed by atoms with Crippen LogP contribution in [0.2, 0.25) is 0 Å². The number of rotatable bonds is 4. The Labute approximate surface area is 123 Å². The van der Waals surface area contributed by atoms with Gasteiger partial charge in [-0.25, -0.2) is 4.79 Å². The first kappa shape index (κ1) is 14.8. The van der Waals surface area contributed by atoms with Crippen LogP contribution in [0.1, 0.15) is 28.4 Å². The summed E-state index contributed by atoms with van der Waals surface area (Å²) in [4.78, 5) is 22.8. The predicted octanol–water partition coefficient (Wildman–Crippen LogP) is 3.31. The Kier molecular flexibility index (Phi) is 4.72. The summed E-state index contributed by atoms with van der Waals surface area (Å²) in [5, 5.41) is 2.64. The Bertz CT molecular complexity index is 630. The number of benzene rings is 2. The highest BCUT2D eigenvalue weighted by atomic mass is 16.5. The SMILES string of the molecule is CC(=O)Nc1ccc(C(=O)OCc2ccc(C)cc2)cc1. The van der Waals surface area contributed by atoms with Crippen LogP contribution < -0.4 is 5.32 Å². The van der Waals surface area contributed by atoms with Crippen LogP contribution >= 0.6 is 0 Å². The minimum absolute atomic E-state index is 0.148. The van der Waals surface area contributed by atoms with Crippen LogP contribution in [0.4, 0.5) is 5.69 Å². The van der Waals surface area contributed by atoms with Gasteiger partial charge >= 0.3 is 5.97 Å². The summed E-state index contributed by atoms with van der Waals surface area (Å²) in [6.07, 6.45) is 0. The summed E-state index contributed by atoms with van der Waals surface area (Å²) in [6.45, 7) is 3.68. The predicted molar refractivity (Wildman–Crippen MR) is 81.0 cm³/mol. The van der Waals surface area contributed by atoms with Gasteiger partial charge in [-0.15, -0.1) is 0 Å². The van der Waals surface area contributed by atoms with Crippen LogP contribution in [0.15, 0.2) is 48.5 Å². The Hall–Kier alpha value is -2.62. The standard InChI is InChI=1S/C17H17NO3/c1-12-3-5-14(6-4-12)11-21-17(20)15-7-9-16(10-8-15)18-13(2)19/h3-10H,11H2,1-2H3,(H,18,19). The van der Waals surface area contributed by atoms with Crippen molar-refractivity contribution in [2.24, 2.45) is 0 Å². The normalized spacial score (nSPS) is 10.0. The van der Waals surface area contributed by atoms with Gasteiger partial charge in [-0.1, -0.05) is 29.8 Å². The third-order valence-corrected chi connectivity index (χ3v) is 2.93. The van der Waals surface area contributed by atoms with Gasteiger partial charge in [0.1, 0.15) is 6.61 Å². The van der Waals surface area contributed by atoms with E-state index in [9.17, 15) is 9.59 Å². The third-order valence-electron chi connectivity index (χ3n) is 2.93. The average Bonchev–Trinajstić information content (AvgIpc) is 2.46. The summed E-state index contributed by atoms with van der Waals surface area (Å²) in [6, 6.07) is 14.4. The van der Waals surface area contributed by atoms with Gasteiger partial charge in [0.15, 0.2) is 0 Å². The maximum atomic E-state index is 11.9. The molecule has 108 valence electrons. The average molecular weight is 283 g/mol. The molecule has 1 amide bonds. The van der Waals surface area contributed by atoms with Crippen molar-refractivity contribution in [1.29, 1.82) is 0 Å². The van der Waals surface area contributed by atoms with Crippen LogP contribution in [0.25, 0.3) is 0 Å². The number of carbonyl (C=O) groups excluding carboxylic acids is 2. The lowest BCUT2D eigenvalue weighted by Gasteiger charge is -2.06. The zero-order valence-electron chi connectivity index (χ0n) is 12.1. The summed E-state index contributed by atoms with van der Waals surface area (Å²) in [5.41, 5.74) is 3.22. The van der Waals surface area contributed by atoms with Crippen molar-refractivity contribution in [3.8, 4) is 0 Å². The number of nitrogens with one attached hydrogen (secondary N) is 1. The van der Waals surface area contributed by atoms with Crippen molar-refractivity contribution in [3.63, 3.8) is 0 Å². The molecule has 0 spiro atoms. The van der Waals surface area contributed by atoms with E-state index in [2.05, 4.69) is 5.32 Å². The van der Waals surface area contributed by atoms with Crippen LogP contribution in [-0.4, -0.2) is 11.9 Å². The second-order valence-corrected chi connectivity index (χ2v) is 4.82. The fourth-order valence-corrected chi connectivity index (χ4v) is 1.81. The lowest BCUT2D eigenvalue weighted by molar-refractivity contribution is -0.114. The van der Waals surface area contributed by atoms with Crippen LogP contribution in [0, 0.1) is 6.92 Å². The molecule has 2 rings (SSSR count). The molecule has 0 aliphatic heterocycles. The van der Waals surface area contributed by atoms with Crippen LogP contribution in [0.5, 0.6) is 0 Å². The van der Waals surface area contributed by atoms with E-state index >= 15 is 0 Å². The van der Waals surface area contributed by atoms with Crippen molar-refractivity contribution < 1.29 is 14.3 Å². The Morgan fingerprint density at radius 2 is 1.62 bits per heavy atom. The fourth-order valence-electron chi connectivity index (χ4n) is 1.81. The van der Waals surface area contributed by atoms with E-state index in [-0.39, 0.29) is 18.5 Å². The molecule has 4 nitrogen and oxygen atoms in total. The molecule has 0 bridgehead atoms. The number of ether oxygens (including phenoxy) is 1. The largest absolute Gasteiger partial charge is 0.457 e. The lowest BCUT2D eigenvalue weighted by atomic mass is 10.1. The first-order valence-corrected chi connectivity index (χ1v) is 6.65. The van der Waals surface area contributed by atoms with E-state index in [0.717, 1.165) is 5.56 Å². The molecule has 21 heavy (non-hydrogen) atoms. The van der Waals surface area contributed by atoms with E-state index in [1.54, 1.807) is 24.3 Å². The zero-order chi connectivity index (χ0) is 15.2. The number of carbonyl (C=O) groups is 2. The topological polar surface area (TPSA) is 55.4 Å².